The maximum Gasteiger partial charge on any atom is 0.252 e. The van der Waals surface area contributed by atoms with E-state index in [9.17, 15) is 0 Å². The summed E-state index contributed by atoms with van der Waals surface area (Å²) in [6.45, 7) is 27.4. The summed E-state index contributed by atoms with van der Waals surface area (Å²) in [5, 5.41) is 3.54. The van der Waals surface area contributed by atoms with Crippen LogP contribution >= 0.6 is 0 Å². The van der Waals surface area contributed by atoms with Crippen molar-refractivity contribution in [2.24, 2.45) is 0 Å². The highest BCUT2D eigenvalue weighted by Crippen LogP contribution is 2.58. The van der Waals surface area contributed by atoms with E-state index in [-0.39, 0.29) is 28.4 Å². The minimum Gasteiger partial charge on any atom is -0.453 e. The predicted molar refractivity (Wildman–Crippen MR) is 302 cm³/mol. The molecular weight excluding hydrogens is 880 g/mol. The van der Waals surface area contributed by atoms with Crippen molar-refractivity contribution in [1.29, 1.82) is 0 Å². The molecule has 7 heteroatoms. The van der Waals surface area contributed by atoms with E-state index in [0.717, 1.165) is 95.8 Å². The van der Waals surface area contributed by atoms with Gasteiger partial charge in [-0.05, 0) is 144 Å². The van der Waals surface area contributed by atoms with E-state index in [0.29, 0.717) is 0 Å². The molecule has 4 aliphatic rings. The van der Waals surface area contributed by atoms with Gasteiger partial charge in [-0.2, -0.15) is 0 Å². The Hall–Kier alpha value is -7.51. The zero-order valence-electron chi connectivity index (χ0n) is 43.5. The Balaban J connectivity index is 1.12. The fourth-order valence-electron chi connectivity index (χ4n) is 12.1. The Bertz CT molecular complexity index is 3900. The maximum absolute atomic E-state index is 7.26. The van der Waals surface area contributed by atoms with Crippen molar-refractivity contribution in [3.8, 4) is 34.1 Å². The van der Waals surface area contributed by atoms with Crippen LogP contribution in [-0.4, -0.2) is 16.1 Å². The number of benzene rings is 8. The second kappa shape index (κ2) is 14.1. The highest BCUT2D eigenvalue weighted by atomic mass is 16.5. The summed E-state index contributed by atoms with van der Waals surface area (Å²) >= 11 is 0. The molecule has 72 heavy (non-hydrogen) atoms. The number of para-hydroxylation sites is 2. The van der Waals surface area contributed by atoms with E-state index in [1.54, 1.807) is 0 Å². The number of rotatable bonds is 1. The van der Waals surface area contributed by atoms with Crippen molar-refractivity contribution in [1.82, 2.24) is 9.38 Å². The number of imidazole rings is 1. The van der Waals surface area contributed by atoms with Crippen LogP contribution in [0.5, 0.6) is 23.0 Å². The fourth-order valence-corrected chi connectivity index (χ4v) is 12.1. The van der Waals surface area contributed by atoms with Gasteiger partial charge >= 0.3 is 0 Å². The fraction of sp³-hybridized carbons (Fsp3) is 0.246. The van der Waals surface area contributed by atoms with Crippen LogP contribution in [0.4, 0.5) is 34.1 Å². The van der Waals surface area contributed by atoms with Gasteiger partial charge in [-0.15, -0.1) is 0 Å². The van der Waals surface area contributed by atoms with E-state index < -0.39 is 0 Å². The summed E-state index contributed by atoms with van der Waals surface area (Å²) < 4.78 is 16.9. The molecule has 0 unspecified atom stereocenters. The van der Waals surface area contributed by atoms with E-state index in [2.05, 4.69) is 237 Å². The minimum atomic E-state index is -0.145. The van der Waals surface area contributed by atoms with Gasteiger partial charge in [0.05, 0.1) is 39.3 Å². The largest absolute Gasteiger partial charge is 0.453 e. The smallest absolute Gasteiger partial charge is 0.252 e. The van der Waals surface area contributed by atoms with Gasteiger partial charge in [0.25, 0.3) is 6.71 Å². The molecule has 0 N–H and O–H groups in total. The SMILES string of the molecule is CC(C)(C)c1ccc2c(c1)Oc1cc(C(C)(C)C)cc3c1N2c1cc(-c2ccc4c5ccccc5c5nc6ccccc6n5c4c2)cc2c1B3c1cc(C(C)(C)C)cc3c1N2c1ccc(C(C)(C)C)cc1O3. The third-order valence-corrected chi connectivity index (χ3v) is 16.1. The lowest BCUT2D eigenvalue weighted by molar-refractivity contribution is 0.469. The minimum absolute atomic E-state index is 0.0701. The lowest BCUT2D eigenvalue weighted by Crippen LogP contribution is -2.62. The number of pyridine rings is 1. The molecule has 8 aromatic carbocycles. The first-order chi connectivity index (χ1) is 34.2. The quantitative estimate of drug-likeness (QED) is 0.121. The zero-order valence-corrected chi connectivity index (χ0v) is 43.5. The monoisotopic (exact) mass is 938 g/mol. The first kappa shape index (κ1) is 43.3. The molecule has 4 aliphatic heterocycles. The van der Waals surface area contributed by atoms with Crippen molar-refractivity contribution in [3.05, 3.63) is 162 Å². The number of anilines is 6. The van der Waals surface area contributed by atoms with E-state index >= 15 is 0 Å². The van der Waals surface area contributed by atoms with Gasteiger partial charge < -0.3 is 19.3 Å². The average Bonchev–Trinajstić information content (AvgIpc) is 3.74. The van der Waals surface area contributed by atoms with Gasteiger partial charge in [0, 0.05) is 22.1 Å². The first-order valence-electron chi connectivity index (χ1n) is 25.7. The van der Waals surface area contributed by atoms with Crippen LogP contribution < -0.4 is 35.7 Å². The van der Waals surface area contributed by atoms with Gasteiger partial charge in [-0.3, -0.25) is 4.40 Å². The van der Waals surface area contributed by atoms with Crippen LogP contribution in [0.15, 0.2) is 140 Å². The third kappa shape index (κ3) is 6.06. The van der Waals surface area contributed by atoms with Crippen molar-refractivity contribution < 1.29 is 9.47 Å². The lowest BCUT2D eigenvalue weighted by Gasteiger charge is -2.48. The van der Waals surface area contributed by atoms with Gasteiger partial charge in [-0.25, -0.2) is 4.98 Å². The van der Waals surface area contributed by atoms with E-state index in [4.69, 9.17) is 14.5 Å². The second-order valence-corrected chi connectivity index (χ2v) is 25.0. The van der Waals surface area contributed by atoms with Crippen molar-refractivity contribution in [2.75, 3.05) is 9.80 Å². The molecular formula is C65H59BN4O2. The molecule has 0 saturated carbocycles. The molecule has 0 fully saturated rings. The molecule has 0 bridgehead atoms. The number of fused-ring (bicyclic) bond motifs is 16. The van der Waals surface area contributed by atoms with Crippen LogP contribution in [0.3, 0.4) is 0 Å². The van der Waals surface area contributed by atoms with Crippen LogP contribution in [0.25, 0.3) is 49.5 Å². The Morgan fingerprint density at radius 2 is 0.903 bits per heavy atom. The van der Waals surface area contributed by atoms with Crippen molar-refractivity contribution in [3.63, 3.8) is 0 Å². The third-order valence-electron chi connectivity index (χ3n) is 16.1. The molecule has 0 amide bonds. The van der Waals surface area contributed by atoms with Crippen LogP contribution in [-0.2, 0) is 21.7 Å². The standard InChI is InChI=1S/C65H59BN4O2/c1-62(2,3)38-22-25-49-54(32-38)71-56-34-40(64(7,8)9)30-45-59(56)68(49)52-28-37(36-21-24-43-42-17-13-14-18-44(42)61-67-47-19-15-16-20-48(47)70(61)51(43)27-36)29-53-58(52)66(45)46-31-41(65(10,11)12)35-57-60(46)69(53)50-26-23-39(63(4,5)6)33-55(50)72-57/h13-35H,1-12H3. The highest BCUT2D eigenvalue weighted by Gasteiger charge is 2.49. The molecule has 0 saturated heterocycles. The molecule has 10 aromatic rings. The Morgan fingerprint density at radius 1 is 0.403 bits per heavy atom. The summed E-state index contributed by atoms with van der Waals surface area (Å²) in [7, 11) is 0. The summed E-state index contributed by atoms with van der Waals surface area (Å²) in [5.41, 5.74) is 21.3. The van der Waals surface area contributed by atoms with E-state index in [1.165, 1.54) is 49.4 Å². The summed E-state index contributed by atoms with van der Waals surface area (Å²) in [6.07, 6.45) is 0. The van der Waals surface area contributed by atoms with Crippen molar-refractivity contribution >= 4 is 95.6 Å². The Kier molecular flexibility index (Phi) is 8.49. The number of hydrogen-bond acceptors (Lipinski definition) is 5. The molecule has 0 atom stereocenters. The van der Waals surface area contributed by atoms with Crippen LogP contribution in [0.2, 0.25) is 0 Å². The van der Waals surface area contributed by atoms with Gasteiger partial charge in [0.1, 0.15) is 5.65 Å². The molecule has 14 rings (SSSR count). The average molecular weight is 939 g/mol. The number of nitrogens with zero attached hydrogens (tertiary/aromatic N) is 4. The normalized spacial score (nSPS) is 14.5. The number of aromatic nitrogens is 2. The molecule has 0 aliphatic carbocycles. The molecule has 2 aromatic heterocycles. The summed E-state index contributed by atoms with van der Waals surface area (Å²) in [4.78, 5) is 10.3. The van der Waals surface area contributed by atoms with Crippen molar-refractivity contribution in [2.45, 2.75) is 105 Å². The Morgan fingerprint density at radius 3 is 1.44 bits per heavy atom. The number of hydrogen-bond donors (Lipinski definition) is 0. The molecule has 354 valence electrons. The summed E-state index contributed by atoms with van der Waals surface area (Å²) in [6, 6.07) is 52.6. The Labute approximate surface area is 422 Å². The van der Waals surface area contributed by atoms with Gasteiger partial charge in [-0.1, -0.05) is 156 Å². The predicted octanol–water partition coefficient (Wildman–Crippen LogP) is 15.9. The van der Waals surface area contributed by atoms with E-state index in [1.807, 2.05) is 0 Å². The molecule has 6 nitrogen and oxygen atoms in total. The van der Waals surface area contributed by atoms with Crippen LogP contribution in [0.1, 0.15) is 105 Å². The number of ether oxygens (including phenoxy) is 2. The first-order valence-corrected chi connectivity index (χ1v) is 25.7. The van der Waals surface area contributed by atoms with Crippen LogP contribution in [0, 0.1) is 0 Å². The lowest BCUT2D eigenvalue weighted by atomic mass is 9.33. The van der Waals surface area contributed by atoms with Gasteiger partial charge in [0.15, 0.2) is 23.0 Å². The van der Waals surface area contributed by atoms with Gasteiger partial charge in [0.2, 0.25) is 0 Å². The topological polar surface area (TPSA) is 42.2 Å². The summed E-state index contributed by atoms with van der Waals surface area (Å²) in [5.74, 6) is 3.52. The zero-order chi connectivity index (χ0) is 49.7. The molecule has 6 heterocycles. The molecule has 0 spiro atoms. The second-order valence-electron chi connectivity index (χ2n) is 25.0. The maximum atomic E-state index is 7.26. The highest BCUT2D eigenvalue weighted by molar-refractivity contribution is 7.00. The molecule has 0 radical (unpaired) electrons.